The number of fused-ring (bicyclic) bond motifs is 1. The van der Waals surface area contributed by atoms with Crippen LogP contribution in [0, 0.1) is 11.8 Å². The molecule has 0 aliphatic carbocycles. The molecule has 3 heterocycles. The van der Waals surface area contributed by atoms with E-state index in [1.807, 2.05) is 6.07 Å². The van der Waals surface area contributed by atoms with Gasteiger partial charge in [0.15, 0.2) is 0 Å². The molecule has 1 aromatic rings. The zero-order valence-electron chi connectivity index (χ0n) is 15.8. The first-order chi connectivity index (χ1) is 13.4. The van der Waals surface area contributed by atoms with Crippen molar-refractivity contribution in [2.24, 2.45) is 17.6 Å². The van der Waals surface area contributed by atoms with Gasteiger partial charge in [0.05, 0.1) is 11.1 Å². The van der Waals surface area contributed by atoms with Gasteiger partial charge in [-0.05, 0) is 36.4 Å². The van der Waals surface area contributed by atoms with E-state index >= 15 is 0 Å². The van der Waals surface area contributed by atoms with Gasteiger partial charge in [0.25, 0.3) is 11.8 Å². The highest BCUT2D eigenvalue weighted by molar-refractivity contribution is 6.24. The molecule has 3 atom stereocenters. The summed E-state index contributed by atoms with van der Waals surface area (Å²) in [6.45, 7) is 5.12. The number of imide groups is 2. The van der Waals surface area contributed by atoms with Gasteiger partial charge in [-0.1, -0.05) is 19.1 Å². The van der Waals surface area contributed by atoms with Crippen LogP contribution < -0.4 is 11.1 Å². The number of amides is 4. The number of carbonyl (C=O) groups is 4. The van der Waals surface area contributed by atoms with Gasteiger partial charge in [-0.3, -0.25) is 34.3 Å². The Balaban J connectivity index is 1.60. The minimum atomic E-state index is -0.939. The van der Waals surface area contributed by atoms with Crippen molar-refractivity contribution in [3.05, 3.63) is 34.9 Å². The van der Waals surface area contributed by atoms with E-state index in [0.717, 1.165) is 23.6 Å². The molecular weight excluding hydrogens is 360 g/mol. The smallest absolute Gasteiger partial charge is 0.262 e. The number of carbonyl (C=O) groups excluding carboxylic acids is 4. The Morgan fingerprint density at radius 3 is 2.61 bits per heavy atom. The number of hydrogen-bond acceptors (Lipinski definition) is 6. The van der Waals surface area contributed by atoms with Gasteiger partial charge in [-0.25, -0.2) is 0 Å². The van der Waals surface area contributed by atoms with Crippen LogP contribution in [0.3, 0.4) is 0 Å². The van der Waals surface area contributed by atoms with E-state index in [2.05, 4.69) is 17.1 Å². The fourth-order valence-electron chi connectivity index (χ4n) is 4.54. The molecule has 4 rings (SSSR count). The van der Waals surface area contributed by atoms with Crippen LogP contribution in [0.15, 0.2) is 18.2 Å². The molecule has 0 radical (unpaired) electrons. The molecule has 0 bridgehead atoms. The number of hydrogen-bond donors (Lipinski definition) is 2. The topological polar surface area (TPSA) is 113 Å². The number of likely N-dealkylation sites (tertiary alicyclic amines) is 1. The lowest BCUT2D eigenvalue weighted by Crippen LogP contribution is -2.54. The summed E-state index contributed by atoms with van der Waals surface area (Å²) in [7, 11) is 0. The van der Waals surface area contributed by atoms with E-state index < -0.39 is 23.8 Å². The van der Waals surface area contributed by atoms with Crippen LogP contribution in [0.1, 0.15) is 46.0 Å². The van der Waals surface area contributed by atoms with Crippen molar-refractivity contribution in [3.8, 4) is 0 Å². The SMILES string of the molecule is CC1CN(Cc2cccc3c2C(=O)N(C2CCC(=O)NC2=O)C3=O)CC1CN. The van der Waals surface area contributed by atoms with E-state index in [9.17, 15) is 19.2 Å². The molecule has 8 heteroatoms. The molecule has 0 spiro atoms. The van der Waals surface area contributed by atoms with Crippen molar-refractivity contribution in [3.63, 3.8) is 0 Å². The molecule has 3 aliphatic heterocycles. The van der Waals surface area contributed by atoms with E-state index in [0.29, 0.717) is 36.1 Å². The number of rotatable bonds is 4. The van der Waals surface area contributed by atoms with Crippen LogP contribution in [0.5, 0.6) is 0 Å². The Labute approximate surface area is 163 Å². The van der Waals surface area contributed by atoms with Crippen molar-refractivity contribution in [2.45, 2.75) is 32.4 Å². The maximum Gasteiger partial charge on any atom is 0.262 e. The number of benzene rings is 1. The summed E-state index contributed by atoms with van der Waals surface area (Å²) in [5.41, 5.74) is 7.33. The fourth-order valence-corrected chi connectivity index (χ4v) is 4.54. The molecule has 1 aromatic carbocycles. The van der Waals surface area contributed by atoms with E-state index in [4.69, 9.17) is 5.73 Å². The standard InChI is InChI=1S/C20H24N4O4/c1-11-8-23(10-13(11)7-21)9-12-3-2-4-14-17(12)20(28)24(19(14)27)15-5-6-16(25)22-18(15)26/h2-4,11,13,15H,5-10,21H2,1H3,(H,22,25,26). The number of nitrogens with two attached hydrogens (primary N) is 1. The second-order valence-corrected chi connectivity index (χ2v) is 7.95. The highest BCUT2D eigenvalue weighted by Gasteiger charge is 2.45. The Morgan fingerprint density at radius 1 is 1.14 bits per heavy atom. The first-order valence-corrected chi connectivity index (χ1v) is 9.66. The summed E-state index contributed by atoms with van der Waals surface area (Å²) in [5, 5.41) is 2.22. The lowest BCUT2D eigenvalue weighted by Gasteiger charge is -2.28. The highest BCUT2D eigenvalue weighted by Crippen LogP contribution is 2.32. The van der Waals surface area contributed by atoms with Gasteiger partial charge >= 0.3 is 0 Å². The predicted octanol–water partition coefficient (Wildman–Crippen LogP) is 0.114. The van der Waals surface area contributed by atoms with Gasteiger partial charge in [-0.2, -0.15) is 0 Å². The van der Waals surface area contributed by atoms with Gasteiger partial charge in [0.2, 0.25) is 11.8 Å². The van der Waals surface area contributed by atoms with E-state index in [-0.39, 0.29) is 18.7 Å². The zero-order chi connectivity index (χ0) is 20.0. The van der Waals surface area contributed by atoms with E-state index in [1.165, 1.54) is 0 Å². The maximum atomic E-state index is 13.1. The Hall–Kier alpha value is -2.58. The van der Waals surface area contributed by atoms with Gasteiger partial charge in [0.1, 0.15) is 6.04 Å². The molecule has 2 fully saturated rings. The molecule has 3 unspecified atom stereocenters. The number of piperidine rings is 1. The summed E-state index contributed by atoms with van der Waals surface area (Å²) >= 11 is 0. The highest BCUT2D eigenvalue weighted by atomic mass is 16.2. The van der Waals surface area contributed by atoms with Gasteiger partial charge in [-0.15, -0.1) is 0 Å². The van der Waals surface area contributed by atoms with Crippen LogP contribution >= 0.6 is 0 Å². The first kappa shape index (κ1) is 18.8. The van der Waals surface area contributed by atoms with Crippen molar-refractivity contribution in [2.75, 3.05) is 19.6 Å². The normalized spacial score (nSPS) is 28.1. The number of nitrogens with one attached hydrogen (secondary N) is 1. The summed E-state index contributed by atoms with van der Waals surface area (Å²) in [6.07, 6.45) is 0.274. The summed E-state index contributed by atoms with van der Waals surface area (Å²) in [5.74, 6) is -0.977. The van der Waals surface area contributed by atoms with Crippen LogP contribution in [-0.2, 0) is 16.1 Å². The third kappa shape index (κ3) is 3.02. The average Bonchev–Trinajstić information content (AvgIpc) is 3.13. The maximum absolute atomic E-state index is 13.1. The monoisotopic (exact) mass is 384 g/mol. The lowest BCUT2D eigenvalue weighted by atomic mass is 9.99. The second kappa shape index (κ2) is 7.10. The van der Waals surface area contributed by atoms with Crippen LogP contribution in [0.4, 0.5) is 0 Å². The molecular formula is C20H24N4O4. The molecule has 28 heavy (non-hydrogen) atoms. The largest absolute Gasteiger partial charge is 0.330 e. The summed E-state index contributed by atoms with van der Waals surface area (Å²) in [4.78, 5) is 52.9. The third-order valence-corrected chi connectivity index (χ3v) is 6.09. The Morgan fingerprint density at radius 2 is 1.93 bits per heavy atom. The first-order valence-electron chi connectivity index (χ1n) is 9.66. The van der Waals surface area contributed by atoms with Crippen molar-refractivity contribution >= 4 is 23.6 Å². The second-order valence-electron chi connectivity index (χ2n) is 7.95. The molecule has 3 N–H and O–H groups in total. The zero-order valence-corrected chi connectivity index (χ0v) is 15.8. The minimum Gasteiger partial charge on any atom is -0.330 e. The minimum absolute atomic E-state index is 0.114. The Bertz CT molecular complexity index is 868. The van der Waals surface area contributed by atoms with Gasteiger partial charge < -0.3 is 5.73 Å². The van der Waals surface area contributed by atoms with Crippen LogP contribution in [0.2, 0.25) is 0 Å². The van der Waals surface area contributed by atoms with Crippen molar-refractivity contribution in [1.29, 1.82) is 0 Å². The molecule has 0 saturated carbocycles. The Kier molecular flexibility index (Phi) is 4.76. The van der Waals surface area contributed by atoms with E-state index in [1.54, 1.807) is 12.1 Å². The molecule has 148 valence electrons. The van der Waals surface area contributed by atoms with Crippen molar-refractivity contribution < 1.29 is 19.2 Å². The molecule has 8 nitrogen and oxygen atoms in total. The summed E-state index contributed by atoms with van der Waals surface area (Å²) in [6, 6.07) is 4.32. The lowest BCUT2D eigenvalue weighted by molar-refractivity contribution is -0.136. The van der Waals surface area contributed by atoms with Crippen molar-refractivity contribution in [1.82, 2.24) is 15.1 Å². The van der Waals surface area contributed by atoms with Crippen LogP contribution in [0.25, 0.3) is 0 Å². The quantitative estimate of drug-likeness (QED) is 0.713. The molecule has 2 saturated heterocycles. The molecule has 3 aliphatic rings. The fraction of sp³-hybridized carbons (Fsp3) is 0.500. The number of nitrogens with zero attached hydrogens (tertiary/aromatic N) is 2. The average molecular weight is 384 g/mol. The molecule has 4 amide bonds. The van der Waals surface area contributed by atoms with Crippen LogP contribution in [-0.4, -0.2) is 59.1 Å². The molecule has 0 aromatic heterocycles. The predicted molar refractivity (Wildman–Crippen MR) is 100 cm³/mol. The third-order valence-electron chi connectivity index (χ3n) is 6.09. The summed E-state index contributed by atoms with van der Waals surface area (Å²) < 4.78 is 0. The van der Waals surface area contributed by atoms with Gasteiger partial charge in [0, 0.05) is 26.1 Å².